The normalized spacial score (nSPS) is 14.7. The van der Waals surface area contributed by atoms with Crippen LogP contribution in [-0.2, 0) is 34.3 Å². The summed E-state index contributed by atoms with van der Waals surface area (Å²) in [5, 5.41) is 3.97. The van der Waals surface area contributed by atoms with Gasteiger partial charge in [-0.15, -0.1) is 0 Å². The van der Waals surface area contributed by atoms with Gasteiger partial charge in [0.15, 0.2) is 0 Å². The summed E-state index contributed by atoms with van der Waals surface area (Å²) in [6, 6.07) is 5.77. The minimum Gasteiger partial charge on any atom is -0.330 e. The van der Waals surface area contributed by atoms with Crippen LogP contribution in [-0.4, -0.2) is 41.7 Å². The second-order valence-corrected chi connectivity index (χ2v) is 7.73. The van der Waals surface area contributed by atoms with E-state index in [0.29, 0.717) is 17.0 Å². The summed E-state index contributed by atoms with van der Waals surface area (Å²) in [6.45, 7) is 1.91. The molecule has 7 nitrogen and oxygen atoms in total. The largest absolute Gasteiger partial charge is 0.471 e. The predicted molar refractivity (Wildman–Crippen MR) is 90.3 cm³/mol. The molecule has 1 aliphatic rings. The molecule has 3 rings (SSSR count). The second-order valence-electron chi connectivity index (χ2n) is 6.04. The van der Waals surface area contributed by atoms with Crippen molar-refractivity contribution in [3.8, 4) is 0 Å². The third-order valence-electron chi connectivity index (χ3n) is 4.29. The van der Waals surface area contributed by atoms with Gasteiger partial charge in [0, 0.05) is 25.7 Å². The lowest BCUT2D eigenvalue weighted by Crippen LogP contribution is -2.43. The van der Waals surface area contributed by atoms with Crippen LogP contribution in [0.2, 0.25) is 0 Å². The fourth-order valence-corrected chi connectivity index (χ4v) is 4.03. The Morgan fingerprint density at radius 3 is 2.67 bits per heavy atom. The quantitative estimate of drug-likeness (QED) is 0.849. The van der Waals surface area contributed by atoms with Gasteiger partial charge in [0.25, 0.3) is 10.0 Å². The molecule has 0 saturated carbocycles. The molecule has 0 saturated heterocycles. The molecule has 2 aromatic rings. The molecule has 0 atom stereocenters. The van der Waals surface area contributed by atoms with Crippen molar-refractivity contribution in [1.29, 1.82) is 0 Å². The summed E-state index contributed by atoms with van der Waals surface area (Å²) in [6.07, 6.45) is -3.27. The first-order chi connectivity index (χ1) is 12.6. The smallest absolute Gasteiger partial charge is 0.330 e. The monoisotopic (exact) mass is 402 g/mol. The van der Waals surface area contributed by atoms with E-state index in [0.717, 1.165) is 5.56 Å². The van der Waals surface area contributed by atoms with Gasteiger partial charge in [0.1, 0.15) is 5.82 Å². The van der Waals surface area contributed by atoms with Gasteiger partial charge >= 0.3 is 12.1 Å². The number of nitrogens with one attached hydrogen (secondary N) is 1. The maximum Gasteiger partial charge on any atom is 0.471 e. The number of aromatic nitrogens is 2. The first kappa shape index (κ1) is 19.2. The van der Waals surface area contributed by atoms with Crippen molar-refractivity contribution in [2.75, 3.05) is 11.3 Å². The zero-order chi connectivity index (χ0) is 19.8. The molecule has 146 valence electrons. The van der Waals surface area contributed by atoms with Crippen molar-refractivity contribution in [3.63, 3.8) is 0 Å². The molecule has 0 unspecified atom stereocenters. The molecule has 0 spiro atoms. The van der Waals surface area contributed by atoms with E-state index in [-0.39, 0.29) is 30.2 Å². The van der Waals surface area contributed by atoms with Crippen molar-refractivity contribution in [1.82, 2.24) is 14.7 Å². The molecular formula is C16H17F3N4O3S. The maximum atomic E-state index is 12.7. The Hall–Kier alpha value is -2.56. The molecule has 0 bridgehead atoms. The third-order valence-corrected chi connectivity index (χ3v) is 5.64. The zero-order valence-electron chi connectivity index (χ0n) is 14.3. The van der Waals surface area contributed by atoms with E-state index in [1.165, 1.54) is 29.1 Å². The van der Waals surface area contributed by atoms with Crippen molar-refractivity contribution in [2.45, 2.75) is 37.5 Å². The number of hydrogen-bond acceptors (Lipinski definition) is 4. The highest BCUT2D eigenvalue weighted by Crippen LogP contribution is 2.27. The van der Waals surface area contributed by atoms with Crippen LogP contribution in [0.15, 0.2) is 35.4 Å². The number of nitrogens with zero attached hydrogens (tertiary/aromatic N) is 3. The number of carbonyl (C=O) groups excluding carboxylic acids is 1. The first-order valence-corrected chi connectivity index (χ1v) is 9.62. The highest BCUT2D eigenvalue weighted by atomic mass is 32.2. The molecule has 1 amide bonds. The van der Waals surface area contributed by atoms with E-state index in [4.69, 9.17) is 0 Å². The Labute approximate surface area is 153 Å². The number of fused-ring (bicyclic) bond motifs is 1. The molecular weight excluding hydrogens is 385 g/mol. The van der Waals surface area contributed by atoms with Gasteiger partial charge < -0.3 is 4.90 Å². The highest BCUT2D eigenvalue weighted by Gasteiger charge is 2.43. The lowest BCUT2D eigenvalue weighted by molar-refractivity contribution is -0.186. The van der Waals surface area contributed by atoms with E-state index >= 15 is 0 Å². The second kappa shape index (κ2) is 6.87. The van der Waals surface area contributed by atoms with Crippen LogP contribution in [0.25, 0.3) is 0 Å². The Morgan fingerprint density at radius 1 is 1.26 bits per heavy atom. The SMILES string of the molecule is CCn1nccc1NS(=O)(=O)c1ccc2c(c1)CN(C(=O)C(F)(F)F)CC2. The van der Waals surface area contributed by atoms with Gasteiger partial charge in [-0.1, -0.05) is 6.07 Å². The van der Waals surface area contributed by atoms with E-state index < -0.39 is 22.1 Å². The van der Waals surface area contributed by atoms with Gasteiger partial charge in [-0.3, -0.25) is 9.52 Å². The molecule has 0 fully saturated rings. The Morgan fingerprint density at radius 2 is 2.00 bits per heavy atom. The summed E-state index contributed by atoms with van der Waals surface area (Å²) in [4.78, 5) is 12.0. The lowest BCUT2D eigenvalue weighted by atomic mass is 10.00. The Kier molecular flexibility index (Phi) is 4.89. The van der Waals surface area contributed by atoms with Gasteiger partial charge in [-0.25, -0.2) is 13.1 Å². The summed E-state index contributed by atoms with van der Waals surface area (Å²) >= 11 is 0. The summed E-state index contributed by atoms with van der Waals surface area (Å²) in [5.74, 6) is -1.64. The summed E-state index contributed by atoms with van der Waals surface area (Å²) in [5.41, 5.74) is 1.10. The number of rotatable bonds is 4. The summed E-state index contributed by atoms with van der Waals surface area (Å²) in [7, 11) is -3.95. The van der Waals surface area contributed by atoms with Crippen LogP contribution in [0.5, 0.6) is 0 Å². The van der Waals surface area contributed by atoms with Crippen molar-refractivity contribution < 1.29 is 26.4 Å². The van der Waals surface area contributed by atoms with Crippen LogP contribution in [0, 0.1) is 0 Å². The molecule has 11 heteroatoms. The summed E-state index contributed by atoms with van der Waals surface area (Å²) < 4.78 is 67.1. The maximum absolute atomic E-state index is 12.7. The molecule has 2 heterocycles. The lowest BCUT2D eigenvalue weighted by Gasteiger charge is -2.29. The van der Waals surface area contributed by atoms with E-state index in [1.54, 1.807) is 13.0 Å². The van der Waals surface area contributed by atoms with E-state index in [2.05, 4.69) is 9.82 Å². The number of benzene rings is 1. The number of aryl methyl sites for hydroxylation is 1. The molecule has 1 aliphatic heterocycles. The van der Waals surface area contributed by atoms with E-state index in [1.807, 2.05) is 0 Å². The van der Waals surface area contributed by atoms with Gasteiger partial charge in [0.2, 0.25) is 0 Å². The topological polar surface area (TPSA) is 84.3 Å². The van der Waals surface area contributed by atoms with Crippen LogP contribution in [0.1, 0.15) is 18.1 Å². The van der Waals surface area contributed by atoms with Gasteiger partial charge in [-0.05, 0) is 36.6 Å². The fraction of sp³-hybridized carbons (Fsp3) is 0.375. The first-order valence-electron chi connectivity index (χ1n) is 8.14. The number of anilines is 1. The highest BCUT2D eigenvalue weighted by molar-refractivity contribution is 7.92. The fourth-order valence-electron chi connectivity index (χ4n) is 2.92. The molecule has 0 radical (unpaired) electrons. The van der Waals surface area contributed by atoms with E-state index in [9.17, 15) is 26.4 Å². The van der Waals surface area contributed by atoms with Gasteiger partial charge in [0.05, 0.1) is 11.1 Å². The van der Waals surface area contributed by atoms with Crippen LogP contribution < -0.4 is 4.72 Å². The molecule has 27 heavy (non-hydrogen) atoms. The number of halogens is 3. The average Bonchev–Trinajstić information content (AvgIpc) is 3.05. The number of sulfonamides is 1. The molecule has 1 aromatic heterocycles. The standard InChI is InChI=1S/C16H17F3N4O3S/c1-2-23-14(5-7-20-23)21-27(25,26)13-4-3-11-6-8-22(10-12(11)9-13)15(24)16(17,18)19/h3-5,7,9,21H,2,6,8,10H2,1H3. The van der Waals surface area contributed by atoms with Crippen molar-refractivity contribution in [2.24, 2.45) is 0 Å². The van der Waals surface area contributed by atoms with Crippen molar-refractivity contribution in [3.05, 3.63) is 41.6 Å². The Balaban J connectivity index is 1.86. The number of carbonyl (C=O) groups is 1. The number of hydrogen-bond donors (Lipinski definition) is 1. The number of amides is 1. The third kappa shape index (κ3) is 3.92. The zero-order valence-corrected chi connectivity index (χ0v) is 15.1. The molecule has 1 N–H and O–H groups in total. The number of alkyl halides is 3. The molecule has 0 aliphatic carbocycles. The Bertz CT molecular complexity index is 970. The predicted octanol–water partition coefficient (Wildman–Crippen LogP) is 2.15. The minimum absolute atomic E-state index is 0.0641. The van der Waals surface area contributed by atoms with Crippen LogP contribution in [0.3, 0.4) is 0 Å². The van der Waals surface area contributed by atoms with Crippen molar-refractivity contribution >= 4 is 21.7 Å². The average molecular weight is 402 g/mol. The molecule has 1 aromatic carbocycles. The van der Waals surface area contributed by atoms with Crippen LogP contribution in [0.4, 0.5) is 19.0 Å². The van der Waals surface area contributed by atoms with Crippen LogP contribution >= 0.6 is 0 Å². The minimum atomic E-state index is -4.96. The van der Waals surface area contributed by atoms with Gasteiger partial charge in [-0.2, -0.15) is 18.3 Å².